The molecule has 0 unspecified atom stereocenters. The van der Waals surface area contributed by atoms with Crippen molar-refractivity contribution in [2.45, 2.75) is 13.8 Å². The van der Waals surface area contributed by atoms with E-state index in [1.54, 1.807) is 24.3 Å². The molecule has 0 aliphatic rings. The predicted octanol–water partition coefficient (Wildman–Crippen LogP) is 5.13. The maximum Gasteiger partial charge on any atom is 0.280 e. The second kappa shape index (κ2) is 8.56. The summed E-state index contributed by atoms with van der Waals surface area (Å²) in [5.41, 5.74) is 3.30. The van der Waals surface area contributed by atoms with Crippen molar-refractivity contribution in [2.75, 3.05) is 6.79 Å². The van der Waals surface area contributed by atoms with Gasteiger partial charge >= 0.3 is 0 Å². The molecule has 0 fully saturated rings. The summed E-state index contributed by atoms with van der Waals surface area (Å²) in [5.74, 6) is 0. The molecule has 0 amide bonds. The molecule has 2 aromatic rings. The maximum atomic E-state index is 5.84. The second-order valence-corrected chi connectivity index (χ2v) is 5.62. The summed E-state index contributed by atoms with van der Waals surface area (Å²) in [4.78, 5) is 10.2. The molecule has 23 heavy (non-hydrogen) atoms. The van der Waals surface area contributed by atoms with E-state index < -0.39 is 0 Å². The lowest BCUT2D eigenvalue weighted by atomic mass is 10.1. The Morgan fingerprint density at radius 1 is 0.739 bits per heavy atom. The molecule has 120 valence electrons. The Bertz CT molecular complexity index is 634. The Morgan fingerprint density at radius 2 is 1.09 bits per heavy atom. The molecule has 0 atom stereocenters. The number of hydrogen-bond acceptors (Lipinski definition) is 4. The zero-order valence-electron chi connectivity index (χ0n) is 12.8. The van der Waals surface area contributed by atoms with Gasteiger partial charge in [-0.25, -0.2) is 0 Å². The first-order valence-corrected chi connectivity index (χ1v) is 7.67. The molecule has 2 rings (SSSR count). The Balaban J connectivity index is 1.82. The monoisotopic (exact) mass is 350 g/mol. The molecule has 0 heterocycles. The number of rotatable bonds is 6. The summed E-state index contributed by atoms with van der Waals surface area (Å²) in [6.45, 7) is 3.60. The number of benzene rings is 2. The van der Waals surface area contributed by atoms with Crippen LogP contribution < -0.4 is 0 Å². The van der Waals surface area contributed by atoms with Gasteiger partial charge in [0.05, 0.1) is 11.4 Å². The molecule has 0 N–H and O–H groups in total. The van der Waals surface area contributed by atoms with Crippen molar-refractivity contribution in [3.05, 3.63) is 69.7 Å². The van der Waals surface area contributed by atoms with Gasteiger partial charge in [0.25, 0.3) is 6.79 Å². The summed E-state index contributed by atoms with van der Waals surface area (Å²) in [5, 5.41) is 9.29. The van der Waals surface area contributed by atoms with E-state index in [4.69, 9.17) is 32.9 Å². The highest BCUT2D eigenvalue weighted by Crippen LogP contribution is 2.11. The van der Waals surface area contributed by atoms with Crippen LogP contribution in [-0.4, -0.2) is 18.2 Å². The molecule has 0 aliphatic heterocycles. The van der Waals surface area contributed by atoms with Crippen LogP contribution in [0, 0.1) is 0 Å². The number of oxime groups is 2. The molecule has 6 heteroatoms. The van der Waals surface area contributed by atoms with Crippen molar-refractivity contribution in [1.82, 2.24) is 0 Å². The summed E-state index contributed by atoms with van der Waals surface area (Å²) in [6, 6.07) is 14.7. The molecule has 0 bridgehead atoms. The van der Waals surface area contributed by atoms with Crippen LogP contribution in [0.25, 0.3) is 0 Å². The van der Waals surface area contributed by atoms with Gasteiger partial charge in [-0.3, -0.25) is 0 Å². The number of nitrogens with zero attached hydrogens (tertiary/aromatic N) is 2. The van der Waals surface area contributed by atoms with Crippen LogP contribution in [-0.2, 0) is 9.68 Å². The van der Waals surface area contributed by atoms with Crippen molar-refractivity contribution in [3.8, 4) is 0 Å². The third-order valence-corrected chi connectivity index (χ3v) is 3.54. The lowest BCUT2D eigenvalue weighted by Crippen LogP contribution is -2.00. The van der Waals surface area contributed by atoms with Crippen molar-refractivity contribution in [3.63, 3.8) is 0 Å². The number of hydrogen-bond donors (Lipinski definition) is 0. The molecule has 0 radical (unpaired) electrons. The highest BCUT2D eigenvalue weighted by atomic mass is 35.5. The summed E-state index contributed by atoms with van der Waals surface area (Å²) >= 11 is 11.7. The van der Waals surface area contributed by atoms with Gasteiger partial charge < -0.3 is 9.68 Å². The van der Waals surface area contributed by atoms with Crippen molar-refractivity contribution in [1.29, 1.82) is 0 Å². The summed E-state index contributed by atoms with van der Waals surface area (Å²) in [6.07, 6.45) is 0. The minimum Gasteiger partial charge on any atom is -0.352 e. The first-order valence-electron chi connectivity index (χ1n) is 6.91. The fourth-order valence-corrected chi connectivity index (χ4v) is 2.01. The topological polar surface area (TPSA) is 43.2 Å². The lowest BCUT2D eigenvalue weighted by Gasteiger charge is -2.03. The van der Waals surface area contributed by atoms with Crippen LogP contribution in [0.15, 0.2) is 58.8 Å². The van der Waals surface area contributed by atoms with E-state index in [-0.39, 0.29) is 6.79 Å². The van der Waals surface area contributed by atoms with Gasteiger partial charge in [-0.1, -0.05) is 57.8 Å². The number of halogens is 2. The highest BCUT2D eigenvalue weighted by Gasteiger charge is 1.99. The van der Waals surface area contributed by atoms with Crippen LogP contribution in [0.4, 0.5) is 0 Å². The highest BCUT2D eigenvalue weighted by molar-refractivity contribution is 6.31. The average molecular weight is 351 g/mol. The van der Waals surface area contributed by atoms with E-state index in [9.17, 15) is 0 Å². The normalized spacial score (nSPS) is 12.2. The van der Waals surface area contributed by atoms with Gasteiger partial charge in [0, 0.05) is 10.0 Å². The van der Waals surface area contributed by atoms with Gasteiger partial charge in [0.1, 0.15) is 0 Å². The quantitative estimate of drug-likeness (QED) is 0.313. The third kappa shape index (κ3) is 5.58. The van der Waals surface area contributed by atoms with Crippen molar-refractivity contribution >= 4 is 34.6 Å². The van der Waals surface area contributed by atoms with E-state index in [2.05, 4.69) is 10.3 Å². The van der Waals surface area contributed by atoms with Crippen LogP contribution in [0.5, 0.6) is 0 Å². The standard InChI is InChI=1S/C17H16Cl2N2O2/c1-12(14-3-7-16(18)8-4-14)20-22-11-23-21-13(2)15-5-9-17(19)10-6-15/h3-10H,11H2,1-2H3. The fourth-order valence-electron chi connectivity index (χ4n) is 1.76. The van der Waals surface area contributed by atoms with E-state index in [1.807, 2.05) is 38.1 Å². The van der Waals surface area contributed by atoms with Crippen molar-refractivity contribution < 1.29 is 9.68 Å². The maximum absolute atomic E-state index is 5.84. The largest absolute Gasteiger partial charge is 0.352 e. The summed E-state index contributed by atoms with van der Waals surface area (Å²) in [7, 11) is 0. The van der Waals surface area contributed by atoms with Crippen LogP contribution in [0.3, 0.4) is 0 Å². The van der Waals surface area contributed by atoms with E-state index in [0.717, 1.165) is 22.6 Å². The average Bonchev–Trinajstić information content (AvgIpc) is 2.55. The fraction of sp³-hybridized carbons (Fsp3) is 0.176. The van der Waals surface area contributed by atoms with Gasteiger partial charge in [0.2, 0.25) is 0 Å². The second-order valence-electron chi connectivity index (χ2n) is 4.74. The van der Waals surface area contributed by atoms with Crippen molar-refractivity contribution in [2.24, 2.45) is 10.3 Å². The predicted molar refractivity (Wildman–Crippen MR) is 94.4 cm³/mol. The molecule has 0 saturated carbocycles. The van der Waals surface area contributed by atoms with Crippen LogP contribution in [0.2, 0.25) is 10.0 Å². The molecule has 0 saturated heterocycles. The molecule has 0 spiro atoms. The first-order chi connectivity index (χ1) is 11.1. The minimum atomic E-state index is -0.0736. The minimum absolute atomic E-state index is 0.0736. The van der Waals surface area contributed by atoms with Gasteiger partial charge in [-0.15, -0.1) is 0 Å². The zero-order valence-corrected chi connectivity index (χ0v) is 14.3. The molecule has 0 aromatic heterocycles. The van der Waals surface area contributed by atoms with Gasteiger partial charge in [0.15, 0.2) is 0 Å². The van der Waals surface area contributed by atoms with E-state index in [0.29, 0.717) is 10.0 Å². The lowest BCUT2D eigenvalue weighted by molar-refractivity contribution is -0.0505. The smallest absolute Gasteiger partial charge is 0.280 e. The van der Waals surface area contributed by atoms with Crippen LogP contribution in [0.1, 0.15) is 25.0 Å². The molecular formula is C17H16Cl2N2O2. The Labute approximate surface area is 145 Å². The van der Waals surface area contributed by atoms with Gasteiger partial charge in [-0.05, 0) is 49.2 Å². The molecule has 0 aliphatic carbocycles. The molecule has 2 aromatic carbocycles. The Morgan fingerprint density at radius 3 is 1.43 bits per heavy atom. The SMILES string of the molecule is CC(=NOCON=C(C)c1ccc(Cl)cc1)c1ccc(Cl)cc1. The molecule has 4 nitrogen and oxygen atoms in total. The Kier molecular flexibility index (Phi) is 6.44. The summed E-state index contributed by atoms with van der Waals surface area (Å²) < 4.78 is 0. The van der Waals surface area contributed by atoms with E-state index in [1.165, 1.54) is 0 Å². The van der Waals surface area contributed by atoms with E-state index >= 15 is 0 Å². The van der Waals surface area contributed by atoms with Crippen LogP contribution >= 0.6 is 23.2 Å². The molecular weight excluding hydrogens is 335 g/mol. The zero-order chi connectivity index (χ0) is 16.7. The first kappa shape index (κ1) is 17.3. The Hall–Kier alpha value is -2.04. The third-order valence-electron chi connectivity index (χ3n) is 3.03. The van der Waals surface area contributed by atoms with Gasteiger partial charge in [-0.2, -0.15) is 0 Å².